The zero-order valence-electron chi connectivity index (χ0n) is 11.2. The van der Waals surface area contributed by atoms with Crippen molar-refractivity contribution in [3.8, 4) is 0 Å². The van der Waals surface area contributed by atoms with Crippen LogP contribution >= 0.6 is 0 Å². The first kappa shape index (κ1) is 13.4. The zero-order valence-corrected chi connectivity index (χ0v) is 11.2. The van der Waals surface area contributed by atoms with E-state index in [4.69, 9.17) is 4.52 Å². The molecule has 1 aromatic carbocycles. The molecule has 0 fully saturated rings. The van der Waals surface area contributed by atoms with Crippen molar-refractivity contribution in [2.75, 3.05) is 0 Å². The molecular weight excluding hydrogens is 302 g/mol. The molecule has 0 saturated heterocycles. The van der Waals surface area contributed by atoms with Gasteiger partial charge in [-0.05, 0) is 37.3 Å². The average Bonchev–Trinajstić information content (AvgIpc) is 2.90. The minimum absolute atomic E-state index is 0.00343. The fraction of sp³-hybridized carbons (Fsp3) is 0.267. The summed E-state index contributed by atoms with van der Waals surface area (Å²) >= 11 is 0. The largest absolute Gasteiger partial charge is 0.371 e. The van der Waals surface area contributed by atoms with Crippen molar-refractivity contribution in [2.24, 2.45) is 0 Å². The molecule has 22 heavy (non-hydrogen) atoms. The third-order valence-electron chi connectivity index (χ3n) is 4.12. The molecular formula is C15H9F4NO2. The van der Waals surface area contributed by atoms with E-state index in [2.05, 4.69) is 0 Å². The second kappa shape index (κ2) is 4.34. The van der Waals surface area contributed by atoms with Crippen LogP contribution in [0.5, 0.6) is 0 Å². The maximum Gasteiger partial charge on any atom is 0.219 e. The van der Waals surface area contributed by atoms with Crippen molar-refractivity contribution in [3.05, 3.63) is 50.8 Å². The van der Waals surface area contributed by atoms with Crippen LogP contribution in [0.2, 0.25) is 0 Å². The van der Waals surface area contributed by atoms with Crippen LogP contribution in [0.4, 0.5) is 17.6 Å². The van der Waals surface area contributed by atoms with E-state index in [1.54, 1.807) is 6.07 Å². The SMILES string of the molecule is O=c1c2c(F)c(F)c(F)c(F)c2on2c3c(cc12)CCCC3. The van der Waals surface area contributed by atoms with Gasteiger partial charge in [0.1, 0.15) is 10.9 Å². The zero-order chi connectivity index (χ0) is 15.6. The number of fused-ring (bicyclic) bond motifs is 4. The summed E-state index contributed by atoms with van der Waals surface area (Å²) in [6.45, 7) is 0. The number of benzene rings is 1. The van der Waals surface area contributed by atoms with Crippen molar-refractivity contribution in [1.82, 2.24) is 4.57 Å². The van der Waals surface area contributed by atoms with Crippen LogP contribution in [-0.4, -0.2) is 4.57 Å². The number of hydrogen-bond acceptors (Lipinski definition) is 2. The molecule has 0 unspecified atom stereocenters. The predicted octanol–water partition coefficient (Wildman–Crippen LogP) is 3.48. The molecule has 2 aromatic heterocycles. The van der Waals surface area contributed by atoms with Gasteiger partial charge in [-0.25, -0.2) is 13.2 Å². The van der Waals surface area contributed by atoms with Crippen LogP contribution in [0.3, 0.4) is 0 Å². The normalized spacial score (nSPS) is 14.7. The fourth-order valence-electron chi connectivity index (χ4n) is 3.05. The first-order chi connectivity index (χ1) is 10.5. The molecule has 1 aliphatic carbocycles. The van der Waals surface area contributed by atoms with Crippen molar-refractivity contribution >= 4 is 16.5 Å². The molecule has 0 atom stereocenters. The molecule has 114 valence electrons. The number of hydrogen-bond donors (Lipinski definition) is 0. The van der Waals surface area contributed by atoms with Gasteiger partial charge >= 0.3 is 0 Å². The Labute approximate surface area is 120 Å². The van der Waals surface area contributed by atoms with Crippen molar-refractivity contribution in [2.45, 2.75) is 25.7 Å². The summed E-state index contributed by atoms with van der Waals surface area (Å²) in [4.78, 5) is 12.4. The Morgan fingerprint density at radius 3 is 2.41 bits per heavy atom. The van der Waals surface area contributed by atoms with Crippen LogP contribution in [-0.2, 0) is 12.8 Å². The minimum Gasteiger partial charge on any atom is -0.371 e. The molecule has 3 aromatic rings. The average molecular weight is 311 g/mol. The Hall–Kier alpha value is -2.31. The number of aryl methyl sites for hydroxylation is 2. The van der Waals surface area contributed by atoms with Crippen LogP contribution in [0.25, 0.3) is 16.5 Å². The maximum absolute atomic E-state index is 13.9. The summed E-state index contributed by atoms with van der Waals surface area (Å²) in [5.74, 6) is -7.44. The highest BCUT2D eigenvalue weighted by molar-refractivity contribution is 5.82. The summed E-state index contributed by atoms with van der Waals surface area (Å²) in [7, 11) is 0. The molecule has 0 saturated carbocycles. The maximum atomic E-state index is 13.9. The lowest BCUT2D eigenvalue weighted by Crippen LogP contribution is -2.12. The topological polar surface area (TPSA) is 34.6 Å². The highest BCUT2D eigenvalue weighted by atomic mass is 19.2. The van der Waals surface area contributed by atoms with E-state index >= 15 is 0 Å². The minimum atomic E-state index is -2.02. The van der Waals surface area contributed by atoms with Crippen LogP contribution in [0.15, 0.2) is 15.4 Å². The Bertz CT molecular complexity index is 1000. The van der Waals surface area contributed by atoms with E-state index in [9.17, 15) is 22.4 Å². The molecule has 0 radical (unpaired) electrons. The lowest BCUT2D eigenvalue weighted by atomic mass is 9.98. The van der Waals surface area contributed by atoms with E-state index in [1.807, 2.05) is 0 Å². The molecule has 0 amide bonds. The molecule has 0 aliphatic heterocycles. The van der Waals surface area contributed by atoms with Crippen molar-refractivity contribution in [3.63, 3.8) is 0 Å². The van der Waals surface area contributed by atoms with Gasteiger partial charge in [0.15, 0.2) is 11.6 Å². The summed E-state index contributed by atoms with van der Waals surface area (Å²) < 4.78 is 60.7. The van der Waals surface area contributed by atoms with E-state index < -0.39 is 39.7 Å². The molecule has 0 N–H and O–H groups in total. The number of aromatic nitrogens is 1. The fourth-order valence-corrected chi connectivity index (χ4v) is 3.05. The molecule has 2 heterocycles. The van der Waals surface area contributed by atoms with Gasteiger partial charge in [-0.3, -0.25) is 4.79 Å². The standard InChI is InChI=1S/C15H9F4NO2/c16-10-9-14(21)8-5-6-3-1-2-4-7(6)20(8)22-15(9)13(19)12(18)11(10)17/h5H,1-4H2. The molecule has 0 bridgehead atoms. The Kier molecular flexibility index (Phi) is 2.64. The Balaban J connectivity index is 2.26. The van der Waals surface area contributed by atoms with Gasteiger partial charge in [0.2, 0.25) is 22.6 Å². The first-order valence-electron chi connectivity index (χ1n) is 6.83. The third-order valence-corrected chi connectivity index (χ3v) is 4.12. The lowest BCUT2D eigenvalue weighted by molar-refractivity contribution is 0.353. The summed E-state index contributed by atoms with van der Waals surface area (Å²) in [5, 5.41) is -0.904. The van der Waals surface area contributed by atoms with E-state index in [0.29, 0.717) is 12.1 Å². The van der Waals surface area contributed by atoms with Gasteiger partial charge in [0.05, 0.1) is 5.69 Å². The van der Waals surface area contributed by atoms with Crippen LogP contribution in [0.1, 0.15) is 24.1 Å². The second-order valence-electron chi connectivity index (χ2n) is 5.38. The Morgan fingerprint density at radius 2 is 1.64 bits per heavy atom. The van der Waals surface area contributed by atoms with Gasteiger partial charge in [-0.2, -0.15) is 8.96 Å². The van der Waals surface area contributed by atoms with E-state index in [-0.39, 0.29) is 5.52 Å². The molecule has 3 nitrogen and oxygen atoms in total. The van der Waals surface area contributed by atoms with E-state index in [1.165, 1.54) is 0 Å². The van der Waals surface area contributed by atoms with Gasteiger partial charge in [0.25, 0.3) is 0 Å². The van der Waals surface area contributed by atoms with Crippen LogP contribution < -0.4 is 5.43 Å². The Morgan fingerprint density at radius 1 is 0.955 bits per heavy atom. The van der Waals surface area contributed by atoms with Gasteiger partial charge < -0.3 is 4.52 Å². The molecule has 7 heteroatoms. The third kappa shape index (κ3) is 1.53. The first-order valence-corrected chi connectivity index (χ1v) is 6.83. The van der Waals surface area contributed by atoms with Gasteiger partial charge in [-0.1, -0.05) is 0 Å². The summed E-state index contributed by atoms with van der Waals surface area (Å²) in [6, 6.07) is 1.54. The second-order valence-corrected chi connectivity index (χ2v) is 5.38. The highest BCUT2D eigenvalue weighted by Gasteiger charge is 2.27. The quantitative estimate of drug-likeness (QED) is 0.362. The number of halogens is 4. The summed E-state index contributed by atoms with van der Waals surface area (Å²) in [6.07, 6.45) is 3.14. The monoisotopic (exact) mass is 311 g/mol. The number of nitrogens with zero attached hydrogens (tertiary/aromatic N) is 1. The van der Waals surface area contributed by atoms with Crippen LogP contribution in [0, 0.1) is 23.3 Å². The van der Waals surface area contributed by atoms with Crippen molar-refractivity contribution in [1.29, 1.82) is 0 Å². The van der Waals surface area contributed by atoms with Gasteiger partial charge in [-0.15, -0.1) is 0 Å². The van der Waals surface area contributed by atoms with E-state index in [0.717, 1.165) is 29.4 Å². The molecule has 1 aliphatic rings. The smallest absolute Gasteiger partial charge is 0.219 e. The lowest BCUT2D eigenvalue weighted by Gasteiger charge is -2.11. The number of rotatable bonds is 0. The highest BCUT2D eigenvalue weighted by Crippen LogP contribution is 2.29. The molecule has 0 spiro atoms. The van der Waals surface area contributed by atoms with Crippen molar-refractivity contribution < 1.29 is 22.1 Å². The predicted molar refractivity (Wildman–Crippen MR) is 69.9 cm³/mol. The summed E-state index contributed by atoms with van der Waals surface area (Å²) in [5.41, 5.74) is -0.276. The van der Waals surface area contributed by atoms with Gasteiger partial charge in [0, 0.05) is 0 Å². The molecule has 4 rings (SSSR count).